The Morgan fingerprint density at radius 1 is 1.12 bits per heavy atom. The second kappa shape index (κ2) is 10.7. The van der Waals surface area contributed by atoms with Crippen LogP contribution in [0.3, 0.4) is 0 Å². The zero-order chi connectivity index (χ0) is 30.7. The number of ether oxygens (including phenoxy) is 2. The van der Waals surface area contributed by atoms with Crippen molar-refractivity contribution in [1.29, 1.82) is 0 Å². The molecule has 9 heteroatoms. The molecule has 230 valence electrons. The molecule has 0 bridgehead atoms. The van der Waals surface area contributed by atoms with Crippen LogP contribution in [0.4, 0.5) is 13.2 Å². The Morgan fingerprint density at radius 2 is 1.91 bits per heavy atom. The molecule has 1 amide bonds. The average molecular weight is 597 g/mol. The largest absolute Gasteiger partial charge is 0.473 e. The zero-order valence-corrected chi connectivity index (χ0v) is 25.2. The topological polar surface area (TPSA) is 59.1 Å². The zero-order valence-electron chi connectivity index (χ0n) is 25.2. The molecule has 4 atom stereocenters. The summed E-state index contributed by atoms with van der Waals surface area (Å²) >= 11 is 0. The van der Waals surface area contributed by atoms with Gasteiger partial charge in [-0.1, -0.05) is 39.0 Å². The van der Waals surface area contributed by atoms with E-state index in [0.717, 1.165) is 56.5 Å². The highest BCUT2D eigenvalue weighted by Crippen LogP contribution is 2.52. The van der Waals surface area contributed by atoms with Gasteiger partial charge in [0.1, 0.15) is 5.75 Å². The van der Waals surface area contributed by atoms with Gasteiger partial charge in [-0.25, -0.2) is 4.79 Å². The van der Waals surface area contributed by atoms with Gasteiger partial charge in [-0.3, -0.25) is 9.69 Å². The first kappa shape index (κ1) is 29.7. The molecule has 2 aromatic carbocycles. The Labute approximate surface area is 250 Å². The van der Waals surface area contributed by atoms with Crippen molar-refractivity contribution in [3.63, 3.8) is 0 Å². The Morgan fingerprint density at radius 3 is 2.60 bits per heavy atom. The number of halogens is 3. The van der Waals surface area contributed by atoms with E-state index in [9.17, 15) is 22.8 Å². The molecular formula is C34H39F3N2O4. The fourth-order valence-corrected chi connectivity index (χ4v) is 8.05. The fraction of sp³-hybridized carbons (Fsp3) is 0.529. The average Bonchev–Trinajstić information content (AvgIpc) is 3.61. The van der Waals surface area contributed by atoms with Crippen molar-refractivity contribution < 1.29 is 32.2 Å². The van der Waals surface area contributed by atoms with Crippen molar-refractivity contribution in [3.05, 3.63) is 70.3 Å². The number of benzene rings is 2. The van der Waals surface area contributed by atoms with Crippen molar-refractivity contribution in [1.82, 2.24) is 9.80 Å². The Kier molecular flexibility index (Phi) is 7.39. The van der Waals surface area contributed by atoms with Gasteiger partial charge in [0.2, 0.25) is 5.91 Å². The summed E-state index contributed by atoms with van der Waals surface area (Å²) in [5.74, 6) is 0.456. The van der Waals surface area contributed by atoms with E-state index >= 15 is 0 Å². The smallest absolute Gasteiger partial charge is 0.416 e. The van der Waals surface area contributed by atoms with Gasteiger partial charge >= 0.3 is 12.1 Å². The minimum atomic E-state index is -4.45. The lowest BCUT2D eigenvalue weighted by molar-refractivity contribution is -0.150. The van der Waals surface area contributed by atoms with Crippen LogP contribution in [0.5, 0.6) is 5.75 Å². The predicted octanol–water partition coefficient (Wildman–Crippen LogP) is 6.67. The van der Waals surface area contributed by atoms with Crippen LogP contribution in [0, 0.1) is 17.3 Å². The molecule has 2 aliphatic carbocycles. The molecule has 4 aliphatic rings. The number of carbonyl (C=O) groups excluding carboxylic acids is 2. The number of likely N-dealkylation sites (tertiary alicyclic amines) is 1. The lowest BCUT2D eigenvalue weighted by Crippen LogP contribution is -2.52. The maximum atomic E-state index is 14.1. The van der Waals surface area contributed by atoms with E-state index in [-0.39, 0.29) is 42.5 Å². The van der Waals surface area contributed by atoms with Gasteiger partial charge in [-0.15, -0.1) is 0 Å². The number of piperidine rings is 1. The third-order valence-electron chi connectivity index (χ3n) is 10.7. The molecule has 0 unspecified atom stereocenters. The van der Waals surface area contributed by atoms with E-state index in [4.69, 9.17) is 9.47 Å². The molecule has 43 heavy (non-hydrogen) atoms. The van der Waals surface area contributed by atoms with Crippen LogP contribution in [0.2, 0.25) is 0 Å². The number of methoxy groups -OCH3 is 1. The first-order valence-corrected chi connectivity index (χ1v) is 15.2. The number of allylic oxidation sites excluding steroid dienone is 1. The Hall–Kier alpha value is -3.33. The van der Waals surface area contributed by atoms with E-state index in [0.29, 0.717) is 22.8 Å². The normalized spacial score (nSPS) is 28.6. The van der Waals surface area contributed by atoms with Crippen LogP contribution < -0.4 is 4.74 Å². The quantitative estimate of drug-likeness (QED) is 0.369. The van der Waals surface area contributed by atoms with E-state index < -0.39 is 17.2 Å². The van der Waals surface area contributed by atoms with Crippen LogP contribution in [0.25, 0.3) is 6.08 Å². The maximum Gasteiger partial charge on any atom is 0.416 e. The van der Waals surface area contributed by atoms with Gasteiger partial charge in [0.05, 0.1) is 30.2 Å². The highest BCUT2D eigenvalue weighted by Gasteiger charge is 2.53. The minimum absolute atomic E-state index is 0.0244. The van der Waals surface area contributed by atoms with E-state index in [2.05, 4.69) is 43.9 Å². The Balaban J connectivity index is 1.16. The number of carbonyl (C=O) groups is 2. The predicted molar refractivity (Wildman–Crippen MR) is 156 cm³/mol. The second-order valence-corrected chi connectivity index (χ2v) is 13.1. The van der Waals surface area contributed by atoms with E-state index in [1.165, 1.54) is 18.7 Å². The third kappa shape index (κ3) is 4.93. The molecule has 6 rings (SSSR count). The molecule has 1 saturated carbocycles. The molecule has 2 aliphatic heterocycles. The summed E-state index contributed by atoms with van der Waals surface area (Å²) in [5, 5.41) is 0. The number of rotatable bonds is 4. The number of hydrogen-bond donors (Lipinski definition) is 0. The first-order valence-electron chi connectivity index (χ1n) is 15.2. The molecule has 0 aromatic heterocycles. The number of alkyl halides is 3. The summed E-state index contributed by atoms with van der Waals surface area (Å²) in [6, 6.07) is 9.57. The highest BCUT2D eigenvalue weighted by molar-refractivity contribution is 5.90. The maximum absolute atomic E-state index is 14.1. The standard InChI is InChI=1S/C34H39F3N2O4/c1-21(2)33(31(41)39-19-25-16-26(34(35,36)37)6-8-29(25)43-20-39)12-10-27(17-33)38-14-13-32(22(3)18-38)11-9-23-15-24(30(40)42-4)5-7-28(23)32/h5-9,11,15-16,21-22,27H,10,12-14,17-20H2,1-4H3/t22-,27+,32-,33-/m0/s1. The molecule has 1 spiro atoms. The Bertz CT molecular complexity index is 1470. The van der Waals surface area contributed by atoms with Crippen LogP contribution in [-0.4, -0.2) is 54.6 Å². The van der Waals surface area contributed by atoms with E-state index in [1.807, 2.05) is 12.1 Å². The number of nitrogens with zero attached hydrogens (tertiary/aromatic N) is 2. The number of esters is 1. The number of hydrogen-bond acceptors (Lipinski definition) is 5. The summed E-state index contributed by atoms with van der Waals surface area (Å²) in [6.07, 6.45) is 3.30. The van der Waals surface area contributed by atoms with Crippen molar-refractivity contribution in [3.8, 4) is 5.75 Å². The lowest BCUT2D eigenvalue weighted by Gasteiger charge is -2.47. The van der Waals surface area contributed by atoms with Crippen LogP contribution in [0.1, 0.15) is 79.1 Å². The summed E-state index contributed by atoms with van der Waals surface area (Å²) in [4.78, 5) is 30.4. The number of fused-ring (bicyclic) bond motifs is 3. The van der Waals surface area contributed by atoms with Gasteiger partial charge in [0.15, 0.2) is 6.73 Å². The third-order valence-corrected chi connectivity index (χ3v) is 10.7. The van der Waals surface area contributed by atoms with Gasteiger partial charge in [0, 0.05) is 23.6 Å². The van der Waals surface area contributed by atoms with Crippen molar-refractivity contribution in [2.75, 3.05) is 26.9 Å². The molecule has 6 nitrogen and oxygen atoms in total. The summed E-state index contributed by atoms with van der Waals surface area (Å²) in [5.41, 5.74) is 1.86. The van der Waals surface area contributed by atoms with Crippen LogP contribution in [-0.2, 0) is 27.7 Å². The lowest BCUT2D eigenvalue weighted by atomic mass is 9.67. The van der Waals surface area contributed by atoms with Crippen molar-refractivity contribution >= 4 is 18.0 Å². The molecule has 2 aromatic rings. The minimum Gasteiger partial charge on any atom is -0.473 e. The molecule has 2 fully saturated rings. The molecule has 2 heterocycles. The van der Waals surface area contributed by atoms with Crippen molar-refractivity contribution in [2.24, 2.45) is 17.3 Å². The van der Waals surface area contributed by atoms with Gasteiger partial charge in [-0.2, -0.15) is 13.2 Å². The summed E-state index contributed by atoms with van der Waals surface area (Å²) in [6.45, 7) is 8.41. The van der Waals surface area contributed by atoms with Gasteiger partial charge < -0.3 is 14.4 Å². The van der Waals surface area contributed by atoms with Crippen LogP contribution >= 0.6 is 0 Å². The summed E-state index contributed by atoms with van der Waals surface area (Å²) in [7, 11) is 1.39. The van der Waals surface area contributed by atoms with Crippen molar-refractivity contribution in [2.45, 2.75) is 70.6 Å². The highest BCUT2D eigenvalue weighted by atomic mass is 19.4. The molecule has 0 radical (unpaired) electrons. The number of amides is 1. The monoisotopic (exact) mass is 596 g/mol. The summed E-state index contributed by atoms with van der Waals surface area (Å²) < 4.78 is 50.7. The molecule has 0 N–H and O–H groups in total. The molecule has 1 saturated heterocycles. The van der Waals surface area contributed by atoms with Crippen LogP contribution in [0.15, 0.2) is 42.5 Å². The first-order chi connectivity index (χ1) is 20.4. The second-order valence-electron chi connectivity index (χ2n) is 13.1. The van der Waals surface area contributed by atoms with Gasteiger partial charge in [-0.05, 0) is 85.5 Å². The van der Waals surface area contributed by atoms with E-state index in [1.54, 1.807) is 4.90 Å². The van der Waals surface area contributed by atoms with Gasteiger partial charge in [0.25, 0.3) is 0 Å². The fourth-order valence-electron chi connectivity index (χ4n) is 8.05. The SMILES string of the molecule is COC(=O)c1ccc2c(c1)C=C[C@@]21CCN([C@@H]2CC[C@@](C(=O)N3COc4ccc(C(F)(F)F)cc4C3)(C(C)C)C2)C[C@@H]1C. The molecular weight excluding hydrogens is 557 g/mol.